The summed E-state index contributed by atoms with van der Waals surface area (Å²) in [7, 11) is 0. The van der Waals surface area contributed by atoms with Gasteiger partial charge in [-0.3, -0.25) is 0 Å². The van der Waals surface area contributed by atoms with Crippen LogP contribution in [-0.2, 0) is 0 Å². The van der Waals surface area contributed by atoms with Gasteiger partial charge >= 0.3 is 0 Å². The van der Waals surface area contributed by atoms with Crippen molar-refractivity contribution in [2.24, 2.45) is 0 Å². The molecule has 0 aliphatic rings. The van der Waals surface area contributed by atoms with Crippen molar-refractivity contribution in [2.45, 2.75) is 0 Å². The Morgan fingerprint density at radius 2 is 0.823 bits per heavy atom. The molecule has 288 valence electrons. The van der Waals surface area contributed by atoms with Gasteiger partial charge in [-0.1, -0.05) is 152 Å². The van der Waals surface area contributed by atoms with Crippen LogP contribution in [0.2, 0.25) is 0 Å². The summed E-state index contributed by atoms with van der Waals surface area (Å²) < 4.78 is 4.77. The van der Waals surface area contributed by atoms with Crippen LogP contribution in [0.5, 0.6) is 0 Å². The normalized spacial score (nSPS) is 11.9. The first-order valence-corrected chi connectivity index (χ1v) is 21.2. The molecule has 0 spiro atoms. The first-order valence-electron chi connectivity index (χ1n) is 21.2. The summed E-state index contributed by atoms with van der Waals surface area (Å²) in [6, 6.07) is 78.6. The smallest absolute Gasteiger partial charge is 0.161 e. The number of rotatable bonds is 5. The minimum Gasteiger partial charge on any atom is -0.309 e. The van der Waals surface area contributed by atoms with Gasteiger partial charge in [0, 0.05) is 54.8 Å². The maximum atomic E-state index is 5.43. The van der Waals surface area contributed by atoms with Crippen LogP contribution in [0.1, 0.15) is 0 Å². The van der Waals surface area contributed by atoms with Gasteiger partial charge in [0.1, 0.15) is 0 Å². The first kappa shape index (κ1) is 34.5. The number of para-hydroxylation sites is 3. The highest BCUT2D eigenvalue weighted by atomic mass is 15.0. The SMILES string of the molecule is c1ccc(-n2c3ccccc3c3cc(-c4ccc5c(c4)c4ccccc4n5-c4cccc(-c5nc(-c6cccc7ccccc67)nc6c5ccc5ccccc56)c4)ccc32)cc1. The standard InChI is InChI=1S/C58H36N4/c1-2-18-42(19-3-1)61-52-26-10-8-23-46(52)50-35-39(29-32-54(50)61)40-30-33-55-51(36-40)47-24-9-11-27-53(47)62(55)43-20-12-17-41(34-43)56-49-31-28-38-15-5-7-22-45(38)57(49)60-58(59-56)48-25-13-16-37-14-4-6-21-44(37)48/h1-36H. The molecule has 0 saturated heterocycles. The molecule has 0 unspecified atom stereocenters. The lowest BCUT2D eigenvalue weighted by atomic mass is 9.99. The summed E-state index contributed by atoms with van der Waals surface area (Å²) in [5.74, 6) is 0.721. The third kappa shape index (κ3) is 5.27. The second kappa shape index (κ2) is 13.6. The van der Waals surface area contributed by atoms with Crippen molar-refractivity contribution in [1.82, 2.24) is 19.1 Å². The lowest BCUT2D eigenvalue weighted by Gasteiger charge is -2.14. The fraction of sp³-hybridized carbons (Fsp3) is 0. The number of aromatic nitrogens is 4. The maximum absolute atomic E-state index is 5.43. The Labute approximate surface area is 357 Å². The molecule has 4 nitrogen and oxygen atoms in total. The zero-order valence-electron chi connectivity index (χ0n) is 33.6. The largest absolute Gasteiger partial charge is 0.309 e. The lowest BCUT2D eigenvalue weighted by Crippen LogP contribution is -1.98. The van der Waals surface area contributed by atoms with Gasteiger partial charge in [0.2, 0.25) is 0 Å². The van der Waals surface area contributed by atoms with Crippen LogP contribution in [0.3, 0.4) is 0 Å². The monoisotopic (exact) mass is 788 g/mol. The van der Waals surface area contributed by atoms with Gasteiger partial charge in [0.25, 0.3) is 0 Å². The van der Waals surface area contributed by atoms with E-state index in [0.717, 1.165) is 72.1 Å². The number of benzene rings is 10. The van der Waals surface area contributed by atoms with Crippen molar-refractivity contribution >= 4 is 76.1 Å². The topological polar surface area (TPSA) is 35.6 Å². The van der Waals surface area contributed by atoms with E-state index in [1.165, 1.54) is 49.1 Å². The van der Waals surface area contributed by atoms with Gasteiger partial charge in [0.15, 0.2) is 5.82 Å². The number of hydrogen-bond donors (Lipinski definition) is 0. The quantitative estimate of drug-likeness (QED) is 0.163. The summed E-state index contributed by atoms with van der Waals surface area (Å²) in [5, 5.41) is 10.5. The van der Waals surface area contributed by atoms with Crippen LogP contribution in [0.4, 0.5) is 0 Å². The molecule has 0 saturated carbocycles. The van der Waals surface area contributed by atoms with Gasteiger partial charge in [-0.2, -0.15) is 0 Å². The van der Waals surface area contributed by atoms with Crippen molar-refractivity contribution in [1.29, 1.82) is 0 Å². The molecule has 0 atom stereocenters. The van der Waals surface area contributed by atoms with Gasteiger partial charge in [0.05, 0.1) is 33.3 Å². The van der Waals surface area contributed by atoms with Crippen LogP contribution >= 0.6 is 0 Å². The van der Waals surface area contributed by atoms with E-state index >= 15 is 0 Å². The fourth-order valence-corrected chi connectivity index (χ4v) is 9.86. The van der Waals surface area contributed by atoms with Crippen molar-refractivity contribution in [2.75, 3.05) is 0 Å². The Bertz CT molecular complexity index is 3920. The van der Waals surface area contributed by atoms with Gasteiger partial charge in [-0.15, -0.1) is 0 Å². The molecular formula is C58H36N4. The van der Waals surface area contributed by atoms with Crippen LogP contribution in [0.15, 0.2) is 218 Å². The Morgan fingerprint density at radius 1 is 0.290 bits per heavy atom. The molecule has 0 radical (unpaired) electrons. The van der Waals surface area contributed by atoms with Crippen LogP contribution in [0.25, 0.3) is 121 Å². The van der Waals surface area contributed by atoms with E-state index in [0.29, 0.717) is 0 Å². The van der Waals surface area contributed by atoms with Crippen molar-refractivity contribution < 1.29 is 0 Å². The Morgan fingerprint density at radius 3 is 1.53 bits per heavy atom. The van der Waals surface area contributed by atoms with Gasteiger partial charge in [-0.05, 0) is 94.0 Å². The average Bonchev–Trinajstić information content (AvgIpc) is 3.86. The Hall–Kier alpha value is -8.34. The van der Waals surface area contributed by atoms with Crippen molar-refractivity contribution in [3.8, 4) is 45.1 Å². The highest BCUT2D eigenvalue weighted by molar-refractivity contribution is 6.14. The molecular weight excluding hydrogens is 753 g/mol. The van der Waals surface area contributed by atoms with E-state index in [2.05, 4.69) is 228 Å². The van der Waals surface area contributed by atoms with Gasteiger partial charge < -0.3 is 9.13 Å². The minimum absolute atomic E-state index is 0.721. The van der Waals surface area contributed by atoms with E-state index < -0.39 is 0 Å². The molecule has 10 aromatic carbocycles. The van der Waals surface area contributed by atoms with E-state index in [4.69, 9.17) is 9.97 Å². The molecule has 3 aromatic heterocycles. The minimum atomic E-state index is 0.721. The van der Waals surface area contributed by atoms with Crippen molar-refractivity contribution in [3.05, 3.63) is 218 Å². The molecule has 0 bridgehead atoms. The number of nitrogens with zero attached hydrogens (tertiary/aromatic N) is 4. The van der Waals surface area contributed by atoms with Crippen molar-refractivity contribution in [3.63, 3.8) is 0 Å². The number of hydrogen-bond acceptors (Lipinski definition) is 2. The Balaban J connectivity index is 0.982. The predicted molar refractivity (Wildman–Crippen MR) is 260 cm³/mol. The average molecular weight is 789 g/mol. The van der Waals surface area contributed by atoms with E-state index in [1.54, 1.807) is 0 Å². The second-order valence-electron chi connectivity index (χ2n) is 16.2. The molecule has 0 N–H and O–H groups in total. The molecule has 62 heavy (non-hydrogen) atoms. The van der Waals surface area contributed by atoms with Crippen LogP contribution < -0.4 is 0 Å². The molecule has 0 aliphatic carbocycles. The van der Waals surface area contributed by atoms with Crippen LogP contribution in [-0.4, -0.2) is 19.1 Å². The molecule has 4 heteroatoms. The third-order valence-electron chi connectivity index (χ3n) is 12.7. The summed E-state index contributed by atoms with van der Waals surface area (Å²) in [4.78, 5) is 10.8. The molecule has 0 fully saturated rings. The fourth-order valence-electron chi connectivity index (χ4n) is 9.86. The summed E-state index contributed by atoms with van der Waals surface area (Å²) >= 11 is 0. The van der Waals surface area contributed by atoms with E-state index in [-0.39, 0.29) is 0 Å². The summed E-state index contributed by atoms with van der Waals surface area (Å²) in [5.41, 5.74) is 13.3. The predicted octanol–water partition coefficient (Wildman–Crippen LogP) is 15.1. The molecule has 0 amide bonds. The highest BCUT2D eigenvalue weighted by Gasteiger charge is 2.19. The third-order valence-corrected chi connectivity index (χ3v) is 12.7. The zero-order chi connectivity index (χ0) is 40.7. The lowest BCUT2D eigenvalue weighted by molar-refractivity contribution is 1.18. The first-order chi connectivity index (χ1) is 30.7. The van der Waals surface area contributed by atoms with E-state index in [9.17, 15) is 0 Å². The number of fused-ring (bicyclic) bond motifs is 10. The molecule has 0 aliphatic heterocycles. The zero-order valence-corrected chi connectivity index (χ0v) is 33.6. The summed E-state index contributed by atoms with van der Waals surface area (Å²) in [6.45, 7) is 0. The molecule has 3 heterocycles. The molecule has 13 rings (SSSR count). The Kier molecular flexibility index (Phi) is 7.57. The highest BCUT2D eigenvalue weighted by Crippen LogP contribution is 2.40. The molecule has 13 aromatic rings. The van der Waals surface area contributed by atoms with Crippen LogP contribution in [0, 0.1) is 0 Å². The van der Waals surface area contributed by atoms with Gasteiger partial charge in [-0.25, -0.2) is 9.97 Å². The maximum Gasteiger partial charge on any atom is 0.161 e. The second-order valence-corrected chi connectivity index (χ2v) is 16.2. The summed E-state index contributed by atoms with van der Waals surface area (Å²) in [6.07, 6.45) is 0. The van der Waals surface area contributed by atoms with E-state index in [1.807, 2.05) is 0 Å².